The van der Waals surface area contributed by atoms with Crippen LogP contribution in [-0.2, 0) is 14.9 Å². The molecule has 0 saturated carbocycles. The van der Waals surface area contributed by atoms with Gasteiger partial charge in [-0.05, 0) is 6.42 Å². The molecule has 0 amide bonds. The minimum Gasteiger partial charge on any atom is -0.353 e. The summed E-state index contributed by atoms with van der Waals surface area (Å²) in [4.78, 5) is 12.2. The van der Waals surface area contributed by atoms with Gasteiger partial charge in [-0.25, -0.2) is 0 Å². The standard InChI is InChI=1S/C13H22N4O3S/c1-13(2,3)10-11(18)17(14)12(16-15-10)21-8-5-9-19-6-4-7-20-9/h9H,4-8,14H2,1-3H3. The summed E-state index contributed by atoms with van der Waals surface area (Å²) in [5.41, 5.74) is -0.309. The number of rotatable bonds is 4. The van der Waals surface area contributed by atoms with Crippen LogP contribution in [-0.4, -0.2) is 40.1 Å². The van der Waals surface area contributed by atoms with Crippen molar-refractivity contribution < 1.29 is 9.47 Å². The Kier molecular flexibility index (Phi) is 5.23. The van der Waals surface area contributed by atoms with Crippen molar-refractivity contribution in [2.75, 3.05) is 24.8 Å². The Morgan fingerprint density at radius 3 is 2.62 bits per heavy atom. The number of aromatic nitrogens is 3. The molecule has 1 aliphatic heterocycles. The van der Waals surface area contributed by atoms with Gasteiger partial charge in [-0.3, -0.25) is 4.79 Å². The molecule has 2 N–H and O–H groups in total. The molecular formula is C13H22N4O3S. The average Bonchev–Trinajstić information content (AvgIpc) is 2.43. The summed E-state index contributed by atoms with van der Waals surface area (Å²) in [5.74, 6) is 6.52. The fraction of sp³-hybridized carbons (Fsp3) is 0.769. The van der Waals surface area contributed by atoms with Crippen molar-refractivity contribution in [3.05, 3.63) is 16.0 Å². The van der Waals surface area contributed by atoms with Gasteiger partial charge >= 0.3 is 0 Å². The lowest BCUT2D eigenvalue weighted by atomic mass is 9.93. The Morgan fingerprint density at radius 1 is 1.33 bits per heavy atom. The molecule has 0 radical (unpaired) electrons. The third kappa shape index (κ3) is 4.18. The Hall–Kier alpha value is -1.12. The van der Waals surface area contributed by atoms with Crippen LogP contribution >= 0.6 is 11.8 Å². The number of nitrogens with two attached hydrogens (primary N) is 1. The number of hydrogen-bond acceptors (Lipinski definition) is 7. The van der Waals surface area contributed by atoms with Crippen LogP contribution in [0.5, 0.6) is 0 Å². The highest BCUT2D eigenvalue weighted by molar-refractivity contribution is 7.99. The van der Waals surface area contributed by atoms with E-state index in [1.54, 1.807) is 0 Å². The Bertz CT molecular complexity index is 535. The maximum Gasteiger partial charge on any atom is 0.295 e. The van der Waals surface area contributed by atoms with Gasteiger partial charge in [0.05, 0.1) is 13.2 Å². The molecule has 0 bridgehead atoms. The quantitative estimate of drug-likeness (QED) is 0.652. The van der Waals surface area contributed by atoms with E-state index in [4.69, 9.17) is 15.3 Å². The van der Waals surface area contributed by atoms with Gasteiger partial charge in [0.2, 0.25) is 5.16 Å². The Morgan fingerprint density at radius 2 is 2.00 bits per heavy atom. The highest BCUT2D eigenvalue weighted by Crippen LogP contribution is 2.19. The van der Waals surface area contributed by atoms with Gasteiger partial charge in [-0.1, -0.05) is 32.5 Å². The lowest BCUT2D eigenvalue weighted by molar-refractivity contribution is -0.178. The molecule has 118 valence electrons. The predicted molar refractivity (Wildman–Crippen MR) is 80.8 cm³/mol. The SMILES string of the molecule is CC(C)(C)c1nnc(SCCC2OCCCO2)n(N)c1=O. The van der Waals surface area contributed by atoms with Gasteiger partial charge in [-0.15, -0.1) is 10.2 Å². The van der Waals surface area contributed by atoms with Gasteiger partial charge in [0.25, 0.3) is 5.56 Å². The van der Waals surface area contributed by atoms with E-state index in [9.17, 15) is 4.79 Å². The van der Waals surface area contributed by atoms with Crippen LogP contribution in [0.25, 0.3) is 0 Å². The van der Waals surface area contributed by atoms with E-state index >= 15 is 0 Å². The Balaban J connectivity index is 1.98. The average molecular weight is 314 g/mol. The van der Waals surface area contributed by atoms with Crippen molar-refractivity contribution in [2.24, 2.45) is 0 Å². The molecule has 7 nitrogen and oxygen atoms in total. The highest BCUT2D eigenvalue weighted by Gasteiger charge is 2.23. The summed E-state index contributed by atoms with van der Waals surface area (Å²) in [6.07, 6.45) is 1.49. The van der Waals surface area contributed by atoms with Gasteiger partial charge < -0.3 is 15.3 Å². The van der Waals surface area contributed by atoms with Gasteiger partial charge in [0.15, 0.2) is 6.29 Å². The lowest BCUT2D eigenvalue weighted by Gasteiger charge is -2.22. The van der Waals surface area contributed by atoms with E-state index in [0.29, 0.717) is 16.6 Å². The van der Waals surface area contributed by atoms with Crippen LogP contribution in [0.2, 0.25) is 0 Å². The number of hydrogen-bond donors (Lipinski definition) is 1. The number of thioether (sulfide) groups is 1. The van der Waals surface area contributed by atoms with Crippen LogP contribution in [0.1, 0.15) is 39.3 Å². The van der Waals surface area contributed by atoms with E-state index < -0.39 is 0 Å². The first-order chi connectivity index (χ1) is 9.89. The second-order valence-corrected chi connectivity index (χ2v) is 6.98. The first kappa shape index (κ1) is 16.3. The molecular weight excluding hydrogens is 292 g/mol. The zero-order chi connectivity index (χ0) is 15.5. The third-order valence-corrected chi connectivity index (χ3v) is 4.03. The second-order valence-electron chi connectivity index (χ2n) is 5.92. The number of nitrogen functional groups attached to an aromatic ring is 1. The molecule has 8 heteroatoms. The van der Waals surface area contributed by atoms with Crippen LogP contribution < -0.4 is 11.4 Å². The van der Waals surface area contributed by atoms with Gasteiger partial charge in [0, 0.05) is 17.6 Å². The van der Waals surface area contributed by atoms with E-state index in [0.717, 1.165) is 30.7 Å². The molecule has 2 rings (SSSR count). The van der Waals surface area contributed by atoms with Crippen LogP contribution in [0.15, 0.2) is 9.95 Å². The van der Waals surface area contributed by atoms with Crippen molar-refractivity contribution in [1.82, 2.24) is 14.9 Å². The first-order valence-electron chi connectivity index (χ1n) is 7.01. The summed E-state index contributed by atoms with van der Waals surface area (Å²) in [6, 6.07) is 0. The molecule has 1 aliphatic rings. The molecule has 0 unspecified atom stereocenters. The van der Waals surface area contributed by atoms with E-state index in [2.05, 4.69) is 10.2 Å². The molecule has 21 heavy (non-hydrogen) atoms. The fourth-order valence-electron chi connectivity index (χ4n) is 1.90. The Labute approximate surface area is 128 Å². The second kappa shape index (κ2) is 6.76. The zero-order valence-electron chi connectivity index (χ0n) is 12.7. The summed E-state index contributed by atoms with van der Waals surface area (Å²) in [6.45, 7) is 7.18. The van der Waals surface area contributed by atoms with Crippen molar-refractivity contribution in [3.8, 4) is 0 Å². The molecule has 1 aromatic rings. The van der Waals surface area contributed by atoms with Crippen molar-refractivity contribution in [3.63, 3.8) is 0 Å². The fourth-order valence-corrected chi connectivity index (χ4v) is 2.72. The summed E-state index contributed by atoms with van der Waals surface area (Å²) in [5, 5.41) is 8.49. The predicted octanol–water partition coefficient (Wildman–Crippen LogP) is 0.895. The molecule has 0 atom stereocenters. The minimum atomic E-state index is -0.377. The smallest absolute Gasteiger partial charge is 0.295 e. The summed E-state index contributed by atoms with van der Waals surface area (Å²) >= 11 is 1.38. The molecule has 1 aromatic heterocycles. The molecule has 2 heterocycles. The van der Waals surface area contributed by atoms with E-state index in [-0.39, 0.29) is 17.3 Å². The minimum absolute atomic E-state index is 0.175. The highest BCUT2D eigenvalue weighted by atomic mass is 32.2. The molecule has 0 aliphatic carbocycles. The van der Waals surface area contributed by atoms with Crippen LogP contribution in [0.3, 0.4) is 0 Å². The normalized spacial score (nSPS) is 17.1. The van der Waals surface area contributed by atoms with E-state index in [1.807, 2.05) is 20.8 Å². The lowest BCUT2D eigenvalue weighted by Crippen LogP contribution is -2.38. The van der Waals surface area contributed by atoms with Crippen molar-refractivity contribution in [2.45, 2.75) is 50.5 Å². The molecule has 0 aromatic carbocycles. The monoisotopic (exact) mass is 314 g/mol. The van der Waals surface area contributed by atoms with Crippen LogP contribution in [0.4, 0.5) is 0 Å². The maximum atomic E-state index is 12.2. The molecule has 1 saturated heterocycles. The van der Waals surface area contributed by atoms with Crippen LogP contribution in [0, 0.1) is 0 Å². The van der Waals surface area contributed by atoms with Gasteiger partial charge in [-0.2, -0.15) is 4.68 Å². The van der Waals surface area contributed by atoms with Crippen molar-refractivity contribution >= 4 is 11.8 Å². The third-order valence-electron chi connectivity index (χ3n) is 3.05. The number of ether oxygens (including phenoxy) is 2. The largest absolute Gasteiger partial charge is 0.353 e. The maximum absolute atomic E-state index is 12.2. The summed E-state index contributed by atoms with van der Waals surface area (Å²) < 4.78 is 12.0. The molecule has 0 spiro atoms. The number of nitrogens with zero attached hydrogens (tertiary/aromatic N) is 3. The van der Waals surface area contributed by atoms with Gasteiger partial charge in [0.1, 0.15) is 5.69 Å². The van der Waals surface area contributed by atoms with E-state index in [1.165, 1.54) is 11.8 Å². The first-order valence-corrected chi connectivity index (χ1v) is 7.99. The molecule has 1 fully saturated rings. The summed E-state index contributed by atoms with van der Waals surface area (Å²) in [7, 11) is 0. The topological polar surface area (TPSA) is 92.3 Å². The zero-order valence-corrected chi connectivity index (χ0v) is 13.5. The van der Waals surface area contributed by atoms with Crippen molar-refractivity contribution in [1.29, 1.82) is 0 Å².